The molecule has 0 atom stereocenters. The minimum absolute atomic E-state index is 0.319. The summed E-state index contributed by atoms with van der Waals surface area (Å²) in [5.74, 6) is -0.854. The third-order valence-electron chi connectivity index (χ3n) is 4.25. The number of para-hydroxylation sites is 1. The topological polar surface area (TPSA) is 88.0 Å². The molecule has 0 aliphatic heterocycles. The van der Waals surface area contributed by atoms with Gasteiger partial charge < -0.3 is 9.84 Å². The van der Waals surface area contributed by atoms with Gasteiger partial charge in [-0.15, -0.1) is 0 Å². The van der Waals surface area contributed by atoms with Gasteiger partial charge in [0, 0.05) is 12.5 Å². The van der Waals surface area contributed by atoms with Crippen LogP contribution in [0.4, 0.5) is 0 Å². The number of aliphatic hydroxyl groups is 1. The lowest BCUT2D eigenvalue weighted by molar-refractivity contribution is -0.136. The van der Waals surface area contributed by atoms with Crippen LogP contribution in [0.15, 0.2) is 90.0 Å². The monoisotopic (exact) mass is 388 g/mol. The summed E-state index contributed by atoms with van der Waals surface area (Å²) in [6.07, 6.45) is 1.35. The van der Waals surface area contributed by atoms with E-state index in [1.54, 1.807) is 84.9 Å². The molecule has 0 fully saturated rings. The molecule has 2 N–H and O–H groups in total. The first-order chi connectivity index (χ1) is 14.0. The lowest BCUT2D eigenvalue weighted by atomic mass is 9.85. The van der Waals surface area contributed by atoms with E-state index in [1.807, 2.05) is 0 Å². The second-order valence-corrected chi connectivity index (χ2v) is 6.27. The van der Waals surface area contributed by atoms with Gasteiger partial charge in [-0.2, -0.15) is 5.10 Å². The summed E-state index contributed by atoms with van der Waals surface area (Å²) in [6.45, 7) is 1.30. The lowest BCUT2D eigenvalue weighted by Gasteiger charge is -2.27. The van der Waals surface area contributed by atoms with Crippen LogP contribution in [0.25, 0.3) is 0 Å². The van der Waals surface area contributed by atoms with Crippen molar-refractivity contribution < 1.29 is 19.4 Å². The number of nitrogens with one attached hydrogen (secondary N) is 1. The van der Waals surface area contributed by atoms with E-state index < -0.39 is 17.5 Å². The highest BCUT2D eigenvalue weighted by Gasteiger charge is 2.39. The van der Waals surface area contributed by atoms with Gasteiger partial charge in [-0.3, -0.25) is 9.59 Å². The highest BCUT2D eigenvalue weighted by atomic mass is 16.5. The molecule has 3 rings (SSSR count). The first-order valence-electron chi connectivity index (χ1n) is 8.96. The largest absolute Gasteiger partial charge is 0.426 e. The van der Waals surface area contributed by atoms with Gasteiger partial charge in [0.05, 0.1) is 6.21 Å². The highest BCUT2D eigenvalue weighted by Crippen LogP contribution is 2.29. The van der Waals surface area contributed by atoms with Gasteiger partial charge in [-0.05, 0) is 23.3 Å². The van der Waals surface area contributed by atoms with Crippen molar-refractivity contribution in [3.63, 3.8) is 0 Å². The van der Waals surface area contributed by atoms with Gasteiger partial charge >= 0.3 is 5.97 Å². The number of carbonyl (C=O) groups is 2. The van der Waals surface area contributed by atoms with Crippen LogP contribution in [-0.4, -0.2) is 23.2 Å². The molecule has 0 aliphatic carbocycles. The average Bonchev–Trinajstić information content (AvgIpc) is 2.75. The van der Waals surface area contributed by atoms with E-state index in [1.165, 1.54) is 13.1 Å². The molecule has 1 amide bonds. The summed E-state index contributed by atoms with van der Waals surface area (Å²) in [5.41, 5.74) is 1.81. The number of benzene rings is 3. The van der Waals surface area contributed by atoms with Gasteiger partial charge in [-0.1, -0.05) is 72.8 Å². The number of hydrogen-bond acceptors (Lipinski definition) is 5. The Morgan fingerprint density at radius 2 is 1.41 bits per heavy atom. The number of ether oxygens (including phenoxy) is 1. The van der Waals surface area contributed by atoms with Gasteiger partial charge in [0.2, 0.25) is 0 Å². The molecule has 0 saturated carbocycles. The number of nitrogens with zero attached hydrogens (tertiary/aromatic N) is 1. The van der Waals surface area contributed by atoms with E-state index in [4.69, 9.17) is 4.74 Å². The van der Waals surface area contributed by atoms with Crippen LogP contribution in [0, 0.1) is 0 Å². The van der Waals surface area contributed by atoms with Crippen molar-refractivity contribution in [1.29, 1.82) is 0 Å². The molecule has 0 spiro atoms. The molecule has 0 heterocycles. The Labute approximate surface area is 168 Å². The molecule has 29 heavy (non-hydrogen) atoms. The van der Waals surface area contributed by atoms with Crippen LogP contribution < -0.4 is 10.2 Å². The summed E-state index contributed by atoms with van der Waals surface area (Å²) >= 11 is 0. The molecule has 0 saturated heterocycles. The fraction of sp³-hybridized carbons (Fsp3) is 0.0870. The summed E-state index contributed by atoms with van der Waals surface area (Å²) in [7, 11) is 0. The van der Waals surface area contributed by atoms with Crippen LogP contribution in [0.5, 0.6) is 5.75 Å². The molecule has 146 valence electrons. The van der Waals surface area contributed by atoms with Crippen LogP contribution in [-0.2, 0) is 15.2 Å². The number of hydrazone groups is 1. The normalized spacial score (nSPS) is 11.2. The molecule has 0 radical (unpaired) electrons. The van der Waals surface area contributed by atoms with E-state index in [-0.39, 0.29) is 0 Å². The van der Waals surface area contributed by atoms with Crippen molar-refractivity contribution in [3.8, 4) is 5.75 Å². The standard InChI is InChI=1S/C23H20N2O4/c1-17(26)29-21-15-9-8-10-18(21)16-24-25-22(27)23(28,19-11-4-2-5-12-19)20-13-6-3-7-14-20/h2-16,28H,1H3,(H,25,27)/b24-16+. The van der Waals surface area contributed by atoms with Crippen LogP contribution in [0.1, 0.15) is 23.6 Å². The number of rotatable bonds is 6. The zero-order valence-corrected chi connectivity index (χ0v) is 15.8. The summed E-state index contributed by atoms with van der Waals surface area (Å²) in [6, 6.07) is 24.1. The fourth-order valence-electron chi connectivity index (χ4n) is 2.86. The summed E-state index contributed by atoms with van der Waals surface area (Å²) in [4.78, 5) is 24.2. The van der Waals surface area contributed by atoms with Crippen molar-refractivity contribution in [1.82, 2.24) is 5.43 Å². The third kappa shape index (κ3) is 4.56. The molecule has 3 aromatic rings. The predicted molar refractivity (Wildman–Crippen MR) is 109 cm³/mol. The lowest BCUT2D eigenvalue weighted by Crippen LogP contribution is -2.43. The maximum Gasteiger partial charge on any atom is 0.308 e. The van der Waals surface area contributed by atoms with Crippen LogP contribution in [0.3, 0.4) is 0 Å². The first-order valence-corrected chi connectivity index (χ1v) is 8.96. The van der Waals surface area contributed by atoms with Gasteiger partial charge in [0.1, 0.15) is 5.75 Å². The van der Waals surface area contributed by atoms with Gasteiger partial charge in [0.25, 0.3) is 5.91 Å². The molecular weight excluding hydrogens is 368 g/mol. The molecule has 0 bridgehead atoms. The average molecular weight is 388 g/mol. The van der Waals surface area contributed by atoms with Crippen molar-refractivity contribution in [2.75, 3.05) is 0 Å². The quantitative estimate of drug-likeness (QED) is 0.294. The molecule has 0 unspecified atom stereocenters. The minimum Gasteiger partial charge on any atom is -0.426 e. The fourth-order valence-corrected chi connectivity index (χ4v) is 2.86. The second kappa shape index (κ2) is 8.95. The number of hydrogen-bond donors (Lipinski definition) is 2. The smallest absolute Gasteiger partial charge is 0.308 e. The number of carbonyl (C=O) groups excluding carboxylic acids is 2. The van der Waals surface area contributed by atoms with Crippen molar-refractivity contribution >= 4 is 18.1 Å². The van der Waals surface area contributed by atoms with E-state index in [9.17, 15) is 14.7 Å². The highest BCUT2D eigenvalue weighted by molar-refractivity contribution is 5.91. The Bertz CT molecular complexity index is 978. The summed E-state index contributed by atoms with van der Waals surface area (Å²) in [5, 5.41) is 15.3. The Morgan fingerprint density at radius 3 is 1.97 bits per heavy atom. The van der Waals surface area contributed by atoms with Gasteiger partial charge in [-0.25, -0.2) is 5.43 Å². The zero-order chi connectivity index (χ0) is 20.7. The maximum absolute atomic E-state index is 13.0. The zero-order valence-electron chi connectivity index (χ0n) is 15.8. The molecular formula is C23H20N2O4. The Balaban J connectivity index is 1.87. The van der Waals surface area contributed by atoms with Crippen LogP contribution in [0.2, 0.25) is 0 Å². The van der Waals surface area contributed by atoms with Crippen molar-refractivity contribution in [3.05, 3.63) is 102 Å². The second-order valence-electron chi connectivity index (χ2n) is 6.27. The molecule has 0 aliphatic rings. The molecule has 3 aromatic carbocycles. The Kier molecular flexibility index (Phi) is 6.16. The number of esters is 1. The molecule has 6 nitrogen and oxygen atoms in total. The molecule has 0 aromatic heterocycles. The minimum atomic E-state index is -1.92. The van der Waals surface area contributed by atoms with E-state index in [0.717, 1.165) is 0 Å². The summed E-state index contributed by atoms with van der Waals surface area (Å²) < 4.78 is 5.12. The van der Waals surface area contributed by atoms with Gasteiger partial charge in [0.15, 0.2) is 5.60 Å². The Morgan fingerprint density at radius 1 is 0.897 bits per heavy atom. The van der Waals surface area contributed by atoms with Crippen molar-refractivity contribution in [2.45, 2.75) is 12.5 Å². The van der Waals surface area contributed by atoms with E-state index in [2.05, 4.69) is 10.5 Å². The Hall–Kier alpha value is -3.77. The maximum atomic E-state index is 13.0. The SMILES string of the molecule is CC(=O)Oc1ccccc1/C=N/NC(=O)C(O)(c1ccccc1)c1ccccc1. The first kappa shape index (κ1) is 20.0. The predicted octanol–water partition coefficient (Wildman–Crippen LogP) is 3.00. The molecule has 6 heteroatoms. The van der Waals surface area contributed by atoms with Crippen LogP contribution >= 0.6 is 0 Å². The third-order valence-corrected chi connectivity index (χ3v) is 4.25. The van der Waals surface area contributed by atoms with E-state index in [0.29, 0.717) is 22.4 Å². The van der Waals surface area contributed by atoms with Crippen molar-refractivity contribution in [2.24, 2.45) is 5.10 Å². The van der Waals surface area contributed by atoms with E-state index >= 15 is 0 Å². The number of amides is 1.